The normalized spacial score (nSPS) is 12.8. The van der Waals surface area contributed by atoms with Gasteiger partial charge in [-0.15, -0.1) is 0 Å². The highest BCUT2D eigenvalue weighted by Crippen LogP contribution is 2.30. The number of nitrogens with zero attached hydrogens (tertiary/aromatic N) is 1. The van der Waals surface area contributed by atoms with Crippen LogP contribution < -0.4 is 11.5 Å². The smallest absolute Gasteiger partial charge is 0.0651 e. The van der Waals surface area contributed by atoms with Crippen LogP contribution in [0.3, 0.4) is 0 Å². The summed E-state index contributed by atoms with van der Waals surface area (Å²) in [7, 11) is 0. The number of rotatable bonds is 5. The average Bonchev–Trinajstić information content (AvgIpc) is 2.18. The van der Waals surface area contributed by atoms with Crippen molar-refractivity contribution in [3.05, 3.63) is 28.0 Å². The fourth-order valence-corrected chi connectivity index (χ4v) is 2.07. The molecule has 1 heterocycles. The standard InChI is InChI=1S/C10H15Cl2N3/c11-7-5-15-6-8(12)10(7)9(14)3-1-2-4-13/h5-6,9H,1-4,13-14H2/t9-/m1/s1. The van der Waals surface area contributed by atoms with Crippen molar-refractivity contribution in [3.8, 4) is 0 Å². The van der Waals surface area contributed by atoms with Gasteiger partial charge in [0.15, 0.2) is 0 Å². The summed E-state index contributed by atoms with van der Waals surface area (Å²) in [4.78, 5) is 3.88. The Labute approximate surface area is 99.8 Å². The molecule has 0 aromatic carbocycles. The number of hydrogen-bond donors (Lipinski definition) is 2. The van der Waals surface area contributed by atoms with Crippen LogP contribution in [0.15, 0.2) is 12.4 Å². The second-order valence-corrected chi connectivity index (χ2v) is 4.22. The summed E-state index contributed by atoms with van der Waals surface area (Å²) in [6.45, 7) is 0.685. The van der Waals surface area contributed by atoms with Gasteiger partial charge in [-0.1, -0.05) is 29.6 Å². The van der Waals surface area contributed by atoms with Crippen LogP contribution in [0, 0.1) is 0 Å². The predicted octanol–water partition coefficient (Wildman–Crippen LogP) is 2.52. The van der Waals surface area contributed by atoms with E-state index in [1.807, 2.05) is 0 Å². The fraction of sp³-hybridized carbons (Fsp3) is 0.500. The first-order chi connectivity index (χ1) is 7.16. The second kappa shape index (κ2) is 6.28. The van der Waals surface area contributed by atoms with Crippen LogP contribution in [0.2, 0.25) is 10.0 Å². The lowest BCUT2D eigenvalue weighted by Gasteiger charge is -2.14. The molecular formula is C10H15Cl2N3. The van der Waals surface area contributed by atoms with Crippen molar-refractivity contribution >= 4 is 23.2 Å². The molecule has 0 aliphatic carbocycles. The summed E-state index contributed by atoms with van der Waals surface area (Å²) < 4.78 is 0. The Balaban J connectivity index is 2.68. The van der Waals surface area contributed by atoms with Crippen molar-refractivity contribution in [1.82, 2.24) is 4.98 Å². The van der Waals surface area contributed by atoms with Crippen LogP contribution in [-0.2, 0) is 0 Å². The molecule has 0 bridgehead atoms. The molecule has 0 saturated heterocycles. The van der Waals surface area contributed by atoms with E-state index < -0.39 is 0 Å². The van der Waals surface area contributed by atoms with E-state index in [2.05, 4.69) is 4.98 Å². The third-order valence-corrected chi connectivity index (χ3v) is 2.83. The predicted molar refractivity (Wildman–Crippen MR) is 64.1 cm³/mol. The number of hydrogen-bond acceptors (Lipinski definition) is 3. The highest BCUT2D eigenvalue weighted by Gasteiger charge is 2.13. The Kier molecular flexibility index (Phi) is 5.32. The van der Waals surface area contributed by atoms with Gasteiger partial charge in [-0.3, -0.25) is 4.98 Å². The summed E-state index contributed by atoms with van der Waals surface area (Å²) in [6.07, 6.45) is 5.90. The summed E-state index contributed by atoms with van der Waals surface area (Å²) >= 11 is 12.0. The molecule has 1 atom stereocenters. The molecule has 15 heavy (non-hydrogen) atoms. The number of halogens is 2. The van der Waals surface area contributed by atoms with Crippen molar-refractivity contribution in [2.24, 2.45) is 11.5 Å². The Morgan fingerprint density at radius 3 is 2.33 bits per heavy atom. The topological polar surface area (TPSA) is 64.9 Å². The lowest BCUT2D eigenvalue weighted by Crippen LogP contribution is -2.12. The molecule has 4 N–H and O–H groups in total. The van der Waals surface area contributed by atoms with E-state index in [-0.39, 0.29) is 6.04 Å². The van der Waals surface area contributed by atoms with Crippen LogP contribution in [0.25, 0.3) is 0 Å². The number of unbranched alkanes of at least 4 members (excludes halogenated alkanes) is 1. The van der Waals surface area contributed by atoms with Gasteiger partial charge in [-0.05, 0) is 19.4 Å². The van der Waals surface area contributed by atoms with Crippen LogP contribution in [-0.4, -0.2) is 11.5 Å². The second-order valence-electron chi connectivity index (χ2n) is 3.41. The van der Waals surface area contributed by atoms with E-state index in [1.165, 1.54) is 0 Å². The summed E-state index contributed by atoms with van der Waals surface area (Å²) in [5.41, 5.74) is 12.2. The fourth-order valence-electron chi connectivity index (χ4n) is 1.43. The third-order valence-electron chi connectivity index (χ3n) is 2.23. The van der Waals surface area contributed by atoms with Gasteiger partial charge in [0.25, 0.3) is 0 Å². The largest absolute Gasteiger partial charge is 0.330 e. The van der Waals surface area contributed by atoms with E-state index in [9.17, 15) is 0 Å². The molecule has 1 rings (SSSR count). The van der Waals surface area contributed by atoms with Gasteiger partial charge >= 0.3 is 0 Å². The summed E-state index contributed by atoms with van der Waals surface area (Å²) in [5.74, 6) is 0. The van der Waals surface area contributed by atoms with Gasteiger partial charge in [0.05, 0.1) is 10.0 Å². The van der Waals surface area contributed by atoms with E-state index in [4.69, 9.17) is 34.7 Å². The molecule has 0 radical (unpaired) electrons. The van der Waals surface area contributed by atoms with Crippen molar-refractivity contribution in [3.63, 3.8) is 0 Å². The van der Waals surface area contributed by atoms with Crippen LogP contribution in [0.5, 0.6) is 0 Å². The lowest BCUT2D eigenvalue weighted by atomic mass is 10.0. The van der Waals surface area contributed by atoms with E-state index in [1.54, 1.807) is 12.4 Å². The number of nitrogens with two attached hydrogens (primary N) is 2. The maximum Gasteiger partial charge on any atom is 0.0651 e. The maximum atomic E-state index is 6.00. The minimum atomic E-state index is -0.139. The molecule has 5 heteroatoms. The van der Waals surface area contributed by atoms with E-state index >= 15 is 0 Å². The highest BCUT2D eigenvalue weighted by atomic mass is 35.5. The Hall–Kier alpha value is -0.350. The van der Waals surface area contributed by atoms with Gasteiger partial charge in [0, 0.05) is 24.0 Å². The third kappa shape index (κ3) is 3.61. The van der Waals surface area contributed by atoms with Gasteiger partial charge in [0.1, 0.15) is 0 Å². The molecule has 0 spiro atoms. The average molecular weight is 248 g/mol. The molecule has 3 nitrogen and oxygen atoms in total. The Morgan fingerprint density at radius 2 is 1.80 bits per heavy atom. The Morgan fingerprint density at radius 1 is 1.20 bits per heavy atom. The summed E-state index contributed by atoms with van der Waals surface area (Å²) in [5, 5.41) is 1.06. The van der Waals surface area contributed by atoms with Gasteiger partial charge in [-0.25, -0.2) is 0 Å². The van der Waals surface area contributed by atoms with Crippen LogP contribution in [0.1, 0.15) is 30.9 Å². The molecule has 84 valence electrons. The van der Waals surface area contributed by atoms with Crippen LogP contribution >= 0.6 is 23.2 Å². The quantitative estimate of drug-likeness (QED) is 0.787. The van der Waals surface area contributed by atoms with Crippen molar-refractivity contribution < 1.29 is 0 Å². The van der Waals surface area contributed by atoms with Crippen molar-refractivity contribution in [2.45, 2.75) is 25.3 Å². The van der Waals surface area contributed by atoms with Crippen molar-refractivity contribution in [2.75, 3.05) is 6.54 Å². The van der Waals surface area contributed by atoms with Gasteiger partial charge < -0.3 is 11.5 Å². The van der Waals surface area contributed by atoms with Crippen LogP contribution in [0.4, 0.5) is 0 Å². The zero-order valence-electron chi connectivity index (χ0n) is 8.42. The first kappa shape index (κ1) is 12.7. The minimum absolute atomic E-state index is 0.139. The lowest BCUT2D eigenvalue weighted by molar-refractivity contribution is 0.591. The maximum absolute atomic E-state index is 6.00. The van der Waals surface area contributed by atoms with Crippen molar-refractivity contribution in [1.29, 1.82) is 0 Å². The first-order valence-electron chi connectivity index (χ1n) is 4.91. The first-order valence-corrected chi connectivity index (χ1v) is 5.67. The highest BCUT2D eigenvalue weighted by molar-refractivity contribution is 6.35. The van der Waals surface area contributed by atoms with Gasteiger partial charge in [-0.2, -0.15) is 0 Å². The minimum Gasteiger partial charge on any atom is -0.330 e. The number of aromatic nitrogens is 1. The summed E-state index contributed by atoms with van der Waals surface area (Å²) in [6, 6.07) is -0.139. The zero-order valence-corrected chi connectivity index (χ0v) is 9.93. The molecule has 0 fully saturated rings. The Bertz CT molecular complexity index is 297. The molecule has 0 unspecified atom stereocenters. The van der Waals surface area contributed by atoms with Gasteiger partial charge in [0.2, 0.25) is 0 Å². The molecule has 0 aliphatic heterocycles. The molecule has 1 aromatic heterocycles. The molecule has 1 aromatic rings. The molecular weight excluding hydrogens is 233 g/mol. The SMILES string of the molecule is NCCCC[C@@H](N)c1c(Cl)cncc1Cl. The molecule has 0 aliphatic rings. The monoisotopic (exact) mass is 247 g/mol. The molecule has 0 amide bonds. The molecule has 0 saturated carbocycles. The number of pyridine rings is 1. The zero-order chi connectivity index (χ0) is 11.3. The van der Waals surface area contributed by atoms with E-state index in [0.29, 0.717) is 16.6 Å². The van der Waals surface area contributed by atoms with E-state index in [0.717, 1.165) is 24.8 Å².